The number of rotatable bonds is 3. The SMILES string of the molecule is CNC(c1snnc1C)C1CCOC2(CCSCC2)C1. The molecule has 0 saturated carbocycles. The molecule has 6 heteroatoms. The van der Waals surface area contributed by atoms with Gasteiger partial charge in [0.15, 0.2) is 0 Å². The number of ether oxygens (including phenoxy) is 1. The Labute approximate surface area is 129 Å². The summed E-state index contributed by atoms with van der Waals surface area (Å²) in [6, 6.07) is 0.380. The second-order valence-electron chi connectivity index (χ2n) is 5.89. The van der Waals surface area contributed by atoms with Crippen LogP contribution in [0.3, 0.4) is 0 Å². The van der Waals surface area contributed by atoms with Crippen LogP contribution in [-0.2, 0) is 4.74 Å². The minimum Gasteiger partial charge on any atom is -0.375 e. The lowest BCUT2D eigenvalue weighted by Gasteiger charge is -2.45. The lowest BCUT2D eigenvalue weighted by atomic mass is 9.78. The van der Waals surface area contributed by atoms with Gasteiger partial charge in [-0.05, 0) is 68.6 Å². The lowest BCUT2D eigenvalue weighted by Crippen LogP contribution is -2.45. The standard InChI is InChI=1S/C14H23N3OS2/c1-10-13(20-17-16-10)12(15-2)11-3-6-18-14(9-11)4-7-19-8-5-14/h11-12,15H,3-9H2,1-2H3. The van der Waals surface area contributed by atoms with Crippen molar-refractivity contribution in [3.63, 3.8) is 0 Å². The number of thioether (sulfide) groups is 1. The van der Waals surface area contributed by atoms with Crippen molar-refractivity contribution in [1.29, 1.82) is 0 Å². The highest BCUT2D eigenvalue weighted by molar-refractivity contribution is 7.99. The molecule has 3 heterocycles. The van der Waals surface area contributed by atoms with Crippen LogP contribution in [0.5, 0.6) is 0 Å². The maximum absolute atomic E-state index is 6.21. The Morgan fingerprint density at radius 3 is 2.85 bits per heavy atom. The van der Waals surface area contributed by atoms with Gasteiger partial charge < -0.3 is 10.1 Å². The molecule has 2 unspecified atom stereocenters. The molecule has 4 nitrogen and oxygen atoms in total. The molecule has 2 aliphatic heterocycles. The van der Waals surface area contributed by atoms with E-state index in [1.54, 1.807) is 11.5 Å². The largest absolute Gasteiger partial charge is 0.375 e. The van der Waals surface area contributed by atoms with Crippen molar-refractivity contribution in [2.45, 2.75) is 44.2 Å². The number of aromatic nitrogens is 2. The highest BCUT2D eigenvalue weighted by Crippen LogP contribution is 2.44. The molecular formula is C14H23N3OS2. The van der Waals surface area contributed by atoms with Crippen LogP contribution in [0.15, 0.2) is 0 Å². The van der Waals surface area contributed by atoms with Gasteiger partial charge in [-0.3, -0.25) is 0 Å². The molecule has 0 bridgehead atoms. The fraction of sp³-hybridized carbons (Fsp3) is 0.857. The highest BCUT2D eigenvalue weighted by atomic mass is 32.2. The average Bonchev–Trinajstić information content (AvgIpc) is 2.87. The van der Waals surface area contributed by atoms with E-state index in [1.165, 1.54) is 35.6 Å². The molecule has 2 aliphatic rings. The second kappa shape index (κ2) is 6.30. The van der Waals surface area contributed by atoms with E-state index in [-0.39, 0.29) is 5.60 Å². The van der Waals surface area contributed by atoms with E-state index in [4.69, 9.17) is 4.74 Å². The van der Waals surface area contributed by atoms with Gasteiger partial charge in [0.25, 0.3) is 0 Å². The summed E-state index contributed by atoms with van der Waals surface area (Å²) in [7, 11) is 2.06. The molecule has 20 heavy (non-hydrogen) atoms. The zero-order chi connectivity index (χ0) is 14.0. The van der Waals surface area contributed by atoms with Gasteiger partial charge in [0.1, 0.15) is 0 Å². The Morgan fingerprint density at radius 2 is 2.20 bits per heavy atom. The molecule has 0 amide bonds. The van der Waals surface area contributed by atoms with Gasteiger partial charge in [0, 0.05) is 12.6 Å². The Hall–Kier alpha value is -0.170. The second-order valence-corrected chi connectivity index (χ2v) is 7.90. The third-order valence-electron chi connectivity index (χ3n) is 4.69. The summed E-state index contributed by atoms with van der Waals surface area (Å²) in [4.78, 5) is 1.31. The van der Waals surface area contributed by atoms with Crippen LogP contribution >= 0.6 is 23.3 Å². The van der Waals surface area contributed by atoms with E-state index in [1.807, 2.05) is 0 Å². The molecule has 1 aromatic heterocycles. The summed E-state index contributed by atoms with van der Waals surface area (Å²) in [6.07, 6.45) is 4.74. The van der Waals surface area contributed by atoms with Crippen LogP contribution in [0, 0.1) is 12.8 Å². The summed E-state index contributed by atoms with van der Waals surface area (Å²) in [5, 5.41) is 7.68. The summed E-state index contributed by atoms with van der Waals surface area (Å²) in [5.41, 5.74) is 1.23. The molecule has 2 atom stereocenters. The highest BCUT2D eigenvalue weighted by Gasteiger charge is 2.41. The number of nitrogens with one attached hydrogen (secondary N) is 1. The van der Waals surface area contributed by atoms with Crippen molar-refractivity contribution in [2.75, 3.05) is 25.2 Å². The Morgan fingerprint density at radius 1 is 1.40 bits per heavy atom. The smallest absolute Gasteiger partial charge is 0.0772 e. The Balaban J connectivity index is 1.76. The van der Waals surface area contributed by atoms with E-state index in [0.717, 1.165) is 18.7 Å². The zero-order valence-electron chi connectivity index (χ0n) is 12.2. The van der Waals surface area contributed by atoms with Crippen LogP contribution in [-0.4, -0.2) is 40.3 Å². The minimum atomic E-state index is 0.148. The summed E-state index contributed by atoms with van der Waals surface area (Å²) < 4.78 is 10.3. The van der Waals surface area contributed by atoms with Crippen LogP contribution in [0.2, 0.25) is 0 Å². The first-order valence-corrected chi connectivity index (χ1v) is 9.35. The molecule has 112 valence electrons. The normalized spacial score (nSPS) is 27.6. The Bertz CT molecular complexity index is 440. The molecule has 1 N–H and O–H groups in total. The van der Waals surface area contributed by atoms with Gasteiger partial charge in [0.05, 0.1) is 16.2 Å². The molecular weight excluding hydrogens is 290 g/mol. The quantitative estimate of drug-likeness (QED) is 0.930. The van der Waals surface area contributed by atoms with Crippen molar-refractivity contribution < 1.29 is 4.74 Å². The van der Waals surface area contributed by atoms with Crippen molar-refractivity contribution in [3.8, 4) is 0 Å². The van der Waals surface area contributed by atoms with Gasteiger partial charge >= 0.3 is 0 Å². The fourth-order valence-electron chi connectivity index (χ4n) is 3.55. The number of nitrogens with zero attached hydrogens (tertiary/aromatic N) is 2. The van der Waals surface area contributed by atoms with E-state index in [2.05, 4.69) is 40.6 Å². The third kappa shape index (κ3) is 2.89. The van der Waals surface area contributed by atoms with E-state index in [0.29, 0.717) is 12.0 Å². The van der Waals surface area contributed by atoms with Crippen molar-refractivity contribution in [2.24, 2.45) is 5.92 Å². The first-order valence-electron chi connectivity index (χ1n) is 7.42. The first-order chi connectivity index (χ1) is 9.74. The van der Waals surface area contributed by atoms with Gasteiger partial charge in [-0.15, -0.1) is 5.10 Å². The van der Waals surface area contributed by atoms with Gasteiger partial charge in [-0.2, -0.15) is 11.8 Å². The third-order valence-corrected chi connectivity index (χ3v) is 6.58. The van der Waals surface area contributed by atoms with E-state index < -0.39 is 0 Å². The lowest BCUT2D eigenvalue weighted by molar-refractivity contribution is -0.107. The summed E-state index contributed by atoms with van der Waals surface area (Å²) >= 11 is 3.61. The van der Waals surface area contributed by atoms with Crippen LogP contribution < -0.4 is 5.32 Å². The van der Waals surface area contributed by atoms with Crippen LogP contribution in [0.1, 0.15) is 42.3 Å². The average molecular weight is 313 g/mol. The molecule has 0 aliphatic carbocycles. The minimum absolute atomic E-state index is 0.148. The maximum atomic E-state index is 6.21. The number of hydrogen-bond donors (Lipinski definition) is 1. The van der Waals surface area contributed by atoms with Gasteiger partial charge in [0.2, 0.25) is 0 Å². The summed E-state index contributed by atoms with van der Waals surface area (Å²) in [5.74, 6) is 3.13. The van der Waals surface area contributed by atoms with Crippen molar-refractivity contribution in [1.82, 2.24) is 14.9 Å². The molecule has 0 radical (unpaired) electrons. The van der Waals surface area contributed by atoms with E-state index >= 15 is 0 Å². The molecule has 2 saturated heterocycles. The Kier molecular flexibility index (Phi) is 4.65. The predicted octanol–water partition coefficient (Wildman–Crippen LogP) is 2.80. The van der Waals surface area contributed by atoms with Crippen LogP contribution in [0.4, 0.5) is 0 Å². The zero-order valence-corrected chi connectivity index (χ0v) is 13.9. The van der Waals surface area contributed by atoms with Gasteiger partial charge in [-0.1, -0.05) is 4.49 Å². The van der Waals surface area contributed by atoms with Crippen molar-refractivity contribution in [3.05, 3.63) is 10.6 Å². The predicted molar refractivity (Wildman–Crippen MR) is 84.4 cm³/mol. The number of hydrogen-bond acceptors (Lipinski definition) is 6. The topological polar surface area (TPSA) is 47.0 Å². The molecule has 3 rings (SSSR count). The molecule has 0 aromatic carbocycles. The first kappa shape index (κ1) is 14.8. The van der Waals surface area contributed by atoms with Crippen molar-refractivity contribution >= 4 is 23.3 Å². The maximum Gasteiger partial charge on any atom is 0.0772 e. The number of aryl methyl sites for hydroxylation is 1. The van der Waals surface area contributed by atoms with E-state index in [9.17, 15) is 0 Å². The molecule has 1 spiro atoms. The fourth-order valence-corrected chi connectivity index (χ4v) is 5.63. The summed E-state index contributed by atoms with van der Waals surface area (Å²) in [6.45, 7) is 2.97. The van der Waals surface area contributed by atoms with Gasteiger partial charge in [-0.25, -0.2) is 0 Å². The van der Waals surface area contributed by atoms with Crippen LogP contribution in [0.25, 0.3) is 0 Å². The molecule has 1 aromatic rings. The molecule has 2 fully saturated rings. The monoisotopic (exact) mass is 313 g/mol.